The zero-order valence-electron chi connectivity index (χ0n) is 15.8. The van der Waals surface area contributed by atoms with Gasteiger partial charge in [0.05, 0.1) is 16.7 Å². The van der Waals surface area contributed by atoms with Crippen molar-refractivity contribution in [2.75, 3.05) is 24.5 Å². The van der Waals surface area contributed by atoms with Crippen molar-refractivity contribution in [1.29, 1.82) is 0 Å². The summed E-state index contributed by atoms with van der Waals surface area (Å²) in [6.07, 6.45) is 0. The number of piperazine rings is 1. The summed E-state index contributed by atoms with van der Waals surface area (Å²) in [6.45, 7) is 6.81. The SMILES string of the molecule is Cc1nc2cc(O)c(-c3ccc4nc(N5CCNC(C)C5)ccc4n3)cc2o1. The van der Waals surface area contributed by atoms with Gasteiger partial charge in [0.2, 0.25) is 0 Å². The Morgan fingerprint density at radius 2 is 1.89 bits per heavy atom. The molecule has 1 unspecified atom stereocenters. The van der Waals surface area contributed by atoms with Gasteiger partial charge in [-0.25, -0.2) is 15.0 Å². The van der Waals surface area contributed by atoms with Crippen LogP contribution in [0.5, 0.6) is 5.75 Å². The molecule has 1 fully saturated rings. The third-order valence-corrected chi connectivity index (χ3v) is 5.11. The first kappa shape index (κ1) is 16.9. The molecule has 2 N–H and O–H groups in total. The van der Waals surface area contributed by atoms with Crippen molar-refractivity contribution < 1.29 is 9.52 Å². The molecule has 7 nitrogen and oxygen atoms in total. The molecule has 4 heterocycles. The van der Waals surface area contributed by atoms with E-state index in [1.54, 1.807) is 19.1 Å². The van der Waals surface area contributed by atoms with Crippen molar-refractivity contribution in [3.63, 3.8) is 0 Å². The van der Waals surface area contributed by atoms with Crippen LogP contribution in [0.25, 0.3) is 33.4 Å². The van der Waals surface area contributed by atoms with Crippen molar-refractivity contribution in [2.45, 2.75) is 19.9 Å². The predicted octanol–water partition coefficient (Wildman–Crippen LogP) is 3.25. The maximum atomic E-state index is 10.4. The summed E-state index contributed by atoms with van der Waals surface area (Å²) >= 11 is 0. The van der Waals surface area contributed by atoms with Gasteiger partial charge >= 0.3 is 0 Å². The van der Waals surface area contributed by atoms with Crippen LogP contribution in [0, 0.1) is 6.92 Å². The fourth-order valence-electron chi connectivity index (χ4n) is 3.75. The van der Waals surface area contributed by atoms with Crippen LogP contribution in [-0.2, 0) is 0 Å². The zero-order chi connectivity index (χ0) is 19.3. The van der Waals surface area contributed by atoms with Gasteiger partial charge < -0.3 is 19.7 Å². The number of hydrogen-bond acceptors (Lipinski definition) is 7. The highest BCUT2D eigenvalue weighted by atomic mass is 16.3. The highest BCUT2D eigenvalue weighted by Gasteiger charge is 2.18. The number of aryl methyl sites for hydroxylation is 1. The fraction of sp³-hybridized carbons (Fsp3) is 0.286. The van der Waals surface area contributed by atoms with Gasteiger partial charge in [0.25, 0.3) is 0 Å². The Morgan fingerprint density at radius 3 is 2.75 bits per heavy atom. The van der Waals surface area contributed by atoms with Gasteiger partial charge in [-0.15, -0.1) is 0 Å². The third-order valence-electron chi connectivity index (χ3n) is 5.11. The van der Waals surface area contributed by atoms with E-state index in [9.17, 15) is 5.11 Å². The van der Waals surface area contributed by atoms with Crippen LogP contribution in [0.15, 0.2) is 40.8 Å². The van der Waals surface area contributed by atoms with Crippen LogP contribution in [-0.4, -0.2) is 45.7 Å². The second-order valence-electron chi connectivity index (χ2n) is 7.28. The van der Waals surface area contributed by atoms with Gasteiger partial charge in [0.15, 0.2) is 11.5 Å². The lowest BCUT2D eigenvalue weighted by Gasteiger charge is -2.32. The maximum Gasteiger partial charge on any atom is 0.192 e. The number of fused-ring (bicyclic) bond motifs is 2. The number of rotatable bonds is 2. The number of nitrogens with zero attached hydrogens (tertiary/aromatic N) is 4. The molecule has 5 rings (SSSR count). The Morgan fingerprint density at radius 1 is 1.07 bits per heavy atom. The molecule has 0 bridgehead atoms. The van der Waals surface area contributed by atoms with Gasteiger partial charge in [-0.2, -0.15) is 0 Å². The number of pyridine rings is 2. The Bertz CT molecular complexity index is 1190. The molecule has 3 aromatic heterocycles. The maximum absolute atomic E-state index is 10.4. The Hall–Kier alpha value is -3.19. The molecule has 142 valence electrons. The predicted molar refractivity (Wildman–Crippen MR) is 109 cm³/mol. The normalized spacial score (nSPS) is 17.5. The summed E-state index contributed by atoms with van der Waals surface area (Å²) in [5.41, 5.74) is 4.18. The van der Waals surface area contributed by atoms with Crippen LogP contribution in [0.3, 0.4) is 0 Å². The van der Waals surface area contributed by atoms with Crippen molar-refractivity contribution >= 4 is 28.0 Å². The second kappa shape index (κ2) is 6.45. The molecule has 1 aromatic carbocycles. The number of benzene rings is 1. The first-order valence-electron chi connectivity index (χ1n) is 9.43. The third kappa shape index (κ3) is 2.93. The van der Waals surface area contributed by atoms with Crippen molar-refractivity contribution in [1.82, 2.24) is 20.3 Å². The summed E-state index contributed by atoms with van der Waals surface area (Å²) in [5.74, 6) is 1.67. The average molecular weight is 375 g/mol. The number of phenols is 1. The van der Waals surface area contributed by atoms with Gasteiger partial charge in [-0.05, 0) is 37.3 Å². The van der Waals surface area contributed by atoms with E-state index < -0.39 is 0 Å². The number of hydrogen-bond donors (Lipinski definition) is 2. The molecule has 28 heavy (non-hydrogen) atoms. The molecule has 1 saturated heterocycles. The van der Waals surface area contributed by atoms with E-state index in [2.05, 4.69) is 22.1 Å². The van der Waals surface area contributed by atoms with Gasteiger partial charge in [-0.1, -0.05) is 0 Å². The van der Waals surface area contributed by atoms with E-state index in [0.717, 1.165) is 36.5 Å². The molecular formula is C21H21N5O2. The smallest absolute Gasteiger partial charge is 0.192 e. The van der Waals surface area contributed by atoms with E-state index in [-0.39, 0.29) is 5.75 Å². The minimum atomic E-state index is 0.132. The van der Waals surface area contributed by atoms with Crippen molar-refractivity contribution in [3.05, 3.63) is 42.3 Å². The molecule has 0 radical (unpaired) electrons. The molecule has 0 amide bonds. The van der Waals surface area contributed by atoms with E-state index >= 15 is 0 Å². The highest BCUT2D eigenvalue weighted by Crippen LogP contribution is 2.33. The molecule has 1 atom stereocenters. The van der Waals surface area contributed by atoms with Gasteiger partial charge in [-0.3, -0.25) is 0 Å². The monoisotopic (exact) mass is 375 g/mol. The Balaban J connectivity index is 1.53. The first-order valence-corrected chi connectivity index (χ1v) is 9.43. The van der Waals surface area contributed by atoms with Crippen molar-refractivity contribution in [3.8, 4) is 17.0 Å². The van der Waals surface area contributed by atoms with E-state index in [1.165, 1.54) is 0 Å². The molecule has 0 saturated carbocycles. The molecule has 1 aliphatic heterocycles. The van der Waals surface area contributed by atoms with Crippen LogP contribution < -0.4 is 10.2 Å². The van der Waals surface area contributed by atoms with Gasteiger partial charge in [0.1, 0.15) is 17.1 Å². The summed E-state index contributed by atoms with van der Waals surface area (Å²) in [5, 5.41) is 13.9. The Kier molecular flexibility index (Phi) is 3.91. The number of aromatic nitrogens is 3. The van der Waals surface area contributed by atoms with Crippen LogP contribution in [0.4, 0.5) is 5.82 Å². The highest BCUT2D eigenvalue weighted by molar-refractivity contribution is 5.86. The summed E-state index contributed by atoms with van der Waals surface area (Å²) in [6, 6.07) is 11.7. The lowest BCUT2D eigenvalue weighted by Crippen LogP contribution is -2.49. The number of aromatic hydroxyl groups is 1. The van der Waals surface area contributed by atoms with Crippen LogP contribution in [0.2, 0.25) is 0 Å². The first-order chi connectivity index (χ1) is 13.6. The van der Waals surface area contributed by atoms with E-state index in [1.807, 2.05) is 24.3 Å². The van der Waals surface area contributed by atoms with Crippen molar-refractivity contribution in [2.24, 2.45) is 0 Å². The molecule has 7 heteroatoms. The molecule has 0 aliphatic carbocycles. The van der Waals surface area contributed by atoms with Crippen LogP contribution >= 0.6 is 0 Å². The quantitative estimate of drug-likeness (QED) is 0.556. The second-order valence-corrected chi connectivity index (χ2v) is 7.28. The molecule has 4 aromatic rings. The molecular weight excluding hydrogens is 354 g/mol. The molecule has 1 aliphatic rings. The Labute approximate surface area is 162 Å². The number of oxazole rings is 1. The largest absolute Gasteiger partial charge is 0.507 e. The minimum Gasteiger partial charge on any atom is -0.507 e. The number of nitrogens with one attached hydrogen (secondary N) is 1. The fourth-order valence-corrected chi connectivity index (χ4v) is 3.75. The summed E-state index contributed by atoms with van der Waals surface area (Å²) in [7, 11) is 0. The number of anilines is 1. The number of phenolic OH excluding ortho intramolecular Hbond substituents is 1. The van der Waals surface area contributed by atoms with E-state index in [4.69, 9.17) is 14.4 Å². The topological polar surface area (TPSA) is 87.3 Å². The van der Waals surface area contributed by atoms with E-state index in [0.29, 0.717) is 34.3 Å². The lowest BCUT2D eigenvalue weighted by molar-refractivity contribution is 0.477. The average Bonchev–Trinajstić information content (AvgIpc) is 3.05. The standard InChI is InChI=1S/C21H21N5O2/c1-12-11-26(8-7-22-12)21-6-5-16-17(25-21)4-3-15(24-16)14-9-20-18(10-19(14)27)23-13(2)28-20/h3-6,9-10,12,22,27H,7-8,11H2,1-2H3. The van der Waals surface area contributed by atoms with Gasteiger partial charge in [0, 0.05) is 44.2 Å². The zero-order valence-corrected chi connectivity index (χ0v) is 15.8. The molecule has 0 spiro atoms. The van der Waals surface area contributed by atoms with Crippen LogP contribution in [0.1, 0.15) is 12.8 Å². The lowest BCUT2D eigenvalue weighted by atomic mass is 10.1. The summed E-state index contributed by atoms with van der Waals surface area (Å²) < 4.78 is 5.59. The minimum absolute atomic E-state index is 0.132. The summed E-state index contributed by atoms with van der Waals surface area (Å²) in [4.78, 5) is 16.0.